The molecule has 1 atom stereocenters. The van der Waals surface area contributed by atoms with Crippen molar-refractivity contribution in [3.8, 4) is 0 Å². The lowest BCUT2D eigenvalue weighted by molar-refractivity contribution is -0.115. The molecule has 0 bridgehead atoms. The van der Waals surface area contributed by atoms with Crippen molar-refractivity contribution in [1.82, 2.24) is 4.98 Å². The third-order valence-electron chi connectivity index (χ3n) is 3.27. The highest BCUT2D eigenvalue weighted by molar-refractivity contribution is 8.01. The first kappa shape index (κ1) is 13.0. The van der Waals surface area contributed by atoms with Gasteiger partial charge in [0.1, 0.15) is 5.69 Å². The maximum Gasteiger partial charge on any atom is 0.238 e. The van der Waals surface area contributed by atoms with Gasteiger partial charge in [-0.2, -0.15) is 0 Å². The number of hydrogen-bond donors (Lipinski definition) is 2. The molecule has 1 aliphatic rings. The van der Waals surface area contributed by atoms with Crippen molar-refractivity contribution >= 4 is 23.4 Å². The van der Waals surface area contributed by atoms with Crippen molar-refractivity contribution in [2.75, 3.05) is 5.32 Å². The minimum atomic E-state index is -0.187. The van der Waals surface area contributed by atoms with Gasteiger partial charge >= 0.3 is 0 Å². The fourth-order valence-electron chi connectivity index (χ4n) is 2.21. The van der Waals surface area contributed by atoms with Crippen LogP contribution in [0.4, 0.5) is 5.69 Å². The Kier molecular flexibility index (Phi) is 3.36. The number of amides is 1. The molecular weight excluding hydrogens is 272 g/mol. The van der Waals surface area contributed by atoms with E-state index in [2.05, 4.69) is 28.5 Å². The van der Waals surface area contributed by atoms with E-state index in [4.69, 9.17) is 0 Å². The van der Waals surface area contributed by atoms with Crippen molar-refractivity contribution in [2.24, 2.45) is 0 Å². The number of aromatic nitrogens is 1. The molecule has 0 spiro atoms. The number of fused-ring (bicyclic) bond motifs is 1. The van der Waals surface area contributed by atoms with E-state index in [1.807, 2.05) is 6.92 Å². The van der Waals surface area contributed by atoms with Gasteiger partial charge in [-0.1, -0.05) is 17.7 Å². The van der Waals surface area contributed by atoms with Gasteiger partial charge in [0.05, 0.1) is 5.25 Å². The van der Waals surface area contributed by atoms with Crippen LogP contribution >= 0.6 is 11.8 Å². The summed E-state index contributed by atoms with van der Waals surface area (Å²) in [5, 5.41) is 2.52. The van der Waals surface area contributed by atoms with Crippen molar-refractivity contribution in [3.05, 3.63) is 58.0 Å². The fourth-order valence-corrected chi connectivity index (χ4v) is 3.50. The van der Waals surface area contributed by atoms with Gasteiger partial charge in [-0.15, -0.1) is 11.8 Å². The Hall–Kier alpha value is -2.01. The molecule has 0 saturated heterocycles. The lowest BCUT2D eigenvalue weighted by Crippen LogP contribution is -2.27. The average molecular weight is 286 g/mol. The van der Waals surface area contributed by atoms with E-state index < -0.39 is 0 Å². The van der Waals surface area contributed by atoms with Crippen LogP contribution in [-0.4, -0.2) is 16.1 Å². The second-order valence-electron chi connectivity index (χ2n) is 4.83. The van der Waals surface area contributed by atoms with E-state index in [0.717, 1.165) is 4.90 Å². The molecule has 3 rings (SSSR count). The molecule has 2 N–H and O–H groups in total. The molecule has 5 heteroatoms. The van der Waals surface area contributed by atoms with Crippen molar-refractivity contribution in [3.63, 3.8) is 0 Å². The number of H-pyrrole nitrogens is 1. The molecular formula is C15H14N2O2S. The van der Waals surface area contributed by atoms with Crippen molar-refractivity contribution in [2.45, 2.75) is 23.5 Å². The van der Waals surface area contributed by atoms with Crippen LogP contribution in [0.3, 0.4) is 0 Å². The van der Waals surface area contributed by atoms with Crippen LogP contribution in [-0.2, 0) is 11.2 Å². The molecule has 1 amide bonds. The maximum absolute atomic E-state index is 12.2. The Morgan fingerprint density at radius 1 is 1.40 bits per heavy atom. The molecule has 2 aromatic rings. The standard InChI is InChI=1S/C15H14N2O2S/c1-9-2-3-10-7-14(20-13(10)6-9)15(19)17-11-8-16-5-4-12(11)18/h2-6,8,14H,7H2,1H3,(H,16,18)(H,17,19)/t14-/m1/s1. The Morgan fingerprint density at radius 2 is 2.25 bits per heavy atom. The summed E-state index contributed by atoms with van der Waals surface area (Å²) in [6.07, 6.45) is 3.76. The number of thioether (sulfide) groups is 1. The third-order valence-corrected chi connectivity index (χ3v) is 4.57. The summed E-state index contributed by atoms with van der Waals surface area (Å²) in [4.78, 5) is 27.8. The van der Waals surface area contributed by atoms with Gasteiger partial charge in [0.2, 0.25) is 11.3 Å². The predicted molar refractivity (Wildman–Crippen MR) is 80.2 cm³/mol. The number of anilines is 1. The van der Waals surface area contributed by atoms with Gasteiger partial charge in [0.25, 0.3) is 0 Å². The van der Waals surface area contributed by atoms with Gasteiger partial charge in [-0.3, -0.25) is 9.59 Å². The summed E-state index contributed by atoms with van der Waals surface area (Å²) in [5.74, 6) is -0.124. The van der Waals surface area contributed by atoms with Crippen LogP contribution in [0.5, 0.6) is 0 Å². The molecule has 1 aliphatic heterocycles. The molecule has 0 aliphatic carbocycles. The summed E-state index contributed by atoms with van der Waals surface area (Å²) in [6.45, 7) is 2.04. The van der Waals surface area contributed by atoms with Gasteiger partial charge in [-0.25, -0.2) is 0 Å². The molecule has 1 aromatic heterocycles. The zero-order valence-electron chi connectivity index (χ0n) is 11.0. The van der Waals surface area contributed by atoms with E-state index in [-0.39, 0.29) is 16.6 Å². The highest BCUT2D eigenvalue weighted by atomic mass is 32.2. The number of carbonyl (C=O) groups excluding carboxylic acids is 1. The normalized spacial score (nSPS) is 16.8. The van der Waals surface area contributed by atoms with Crippen LogP contribution < -0.4 is 10.7 Å². The van der Waals surface area contributed by atoms with E-state index in [0.29, 0.717) is 12.1 Å². The van der Waals surface area contributed by atoms with Crippen LogP contribution in [0.15, 0.2) is 46.3 Å². The van der Waals surface area contributed by atoms with Crippen LogP contribution in [0, 0.1) is 6.92 Å². The quantitative estimate of drug-likeness (QED) is 0.890. The Balaban J connectivity index is 1.75. The summed E-state index contributed by atoms with van der Waals surface area (Å²) in [6, 6.07) is 7.62. The van der Waals surface area contributed by atoms with Crippen LogP contribution in [0.1, 0.15) is 11.1 Å². The molecule has 1 aromatic carbocycles. The first-order chi connectivity index (χ1) is 9.63. The van der Waals surface area contributed by atoms with E-state index in [1.54, 1.807) is 18.0 Å². The number of pyridine rings is 1. The molecule has 20 heavy (non-hydrogen) atoms. The molecule has 0 saturated carbocycles. The highest BCUT2D eigenvalue weighted by Gasteiger charge is 2.28. The number of rotatable bonds is 2. The molecule has 0 fully saturated rings. The number of hydrogen-bond acceptors (Lipinski definition) is 3. The van der Waals surface area contributed by atoms with E-state index in [1.165, 1.54) is 23.4 Å². The second-order valence-corrected chi connectivity index (χ2v) is 6.08. The maximum atomic E-state index is 12.2. The molecule has 4 nitrogen and oxygen atoms in total. The lowest BCUT2D eigenvalue weighted by Gasteiger charge is -2.08. The molecule has 0 unspecified atom stereocenters. The minimum absolute atomic E-state index is 0.124. The fraction of sp³-hybridized carbons (Fsp3) is 0.200. The summed E-state index contributed by atoms with van der Waals surface area (Å²) in [7, 11) is 0. The number of carbonyl (C=O) groups is 1. The van der Waals surface area contributed by atoms with E-state index >= 15 is 0 Å². The number of aromatic amines is 1. The summed E-state index contributed by atoms with van der Waals surface area (Å²) < 4.78 is 0. The highest BCUT2D eigenvalue weighted by Crippen LogP contribution is 2.37. The Bertz CT molecular complexity index is 724. The first-order valence-electron chi connectivity index (χ1n) is 6.37. The van der Waals surface area contributed by atoms with Crippen molar-refractivity contribution < 1.29 is 4.79 Å². The predicted octanol–water partition coefficient (Wildman–Crippen LogP) is 2.34. The molecule has 2 heterocycles. The van der Waals surface area contributed by atoms with E-state index in [9.17, 15) is 9.59 Å². The molecule has 102 valence electrons. The van der Waals surface area contributed by atoms with Gasteiger partial charge < -0.3 is 10.3 Å². The summed E-state index contributed by atoms with van der Waals surface area (Å²) >= 11 is 1.56. The van der Waals surface area contributed by atoms with Gasteiger partial charge in [-0.05, 0) is 25.0 Å². The zero-order chi connectivity index (χ0) is 14.1. The Morgan fingerprint density at radius 3 is 3.05 bits per heavy atom. The van der Waals surface area contributed by atoms with Gasteiger partial charge in [0.15, 0.2) is 0 Å². The topological polar surface area (TPSA) is 62.0 Å². The number of benzene rings is 1. The Labute approximate surface area is 120 Å². The smallest absolute Gasteiger partial charge is 0.238 e. The summed E-state index contributed by atoms with van der Waals surface area (Å²) in [5.41, 5.74) is 2.50. The SMILES string of the molecule is Cc1ccc2c(c1)S[C@@H](C(=O)Nc1c[nH]ccc1=O)C2. The van der Waals surface area contributed by atoms with Crippen LogP contribution in [0.25, 0.3) is 0 Å². The minimum Gasteiger partial charge on any atom is -0.366 e. The monoisotopic (exact) mass is 286 g/mol. The number of nitrogens with one attached hydrogen (secondary N) is 2. The third kappa shape index (κ3) is 2.49. The zero-order valence-corrected chi connectivity index (χ0v) is 11.8. The number of aryl methyl sites for hydroxylation is 1. The van der Waals surface area contributed by atoms with Crippen molar-refractivity contribution in [1.29, 1.82) is 0 Å². The van der Waals surface area contributed by atoms with Crippen LogP contribution in [0.2, 0.25) is 0 Å². The largest absolute Gasteiger partial charge is 0.366 e. The second kappa shape index (κ2) is 5.17. The lowest BCUT2D eigenvalue weighted by atomic mass is 10.1. The first-order valence-corrected chi connectivity index (χ1v) is 7.25. The van der Waals surface area contributed by atoms with Gasteiger partial charge in [0, 0.05) is 23.4 Å². The average Bonchev–Trinajstić information content (AvgIpc) is 2.84. The molecule has 0 radical (unpaired) electrons.